The molecule has 1 N–H and O–H groups in total. The quantitative estimate of drug-likeness (QED) is 0.892. The second kappa shape index (κ2) is 5.88. The monoisotopic (exact) mass is 363 g/mol. The molecule has 2 aromatic heterocycles. The smallest absolute Gasteiger partial charge is 0.267 e. The molecule has 114 valence electrons. The molecule has 0 saturated carbocycles. The van der Waals surface area contributed by atoms with Crippen LogP contribution in [0.4, 0.5) is 0 Å². The molecule has 0 saturated heterocycles. The summed E-state index contributed by atoms with van der Waals surface area (Å²) in [5.41, 5.74) is 1.94. The number of hydrogen-bond donors (Lipinski definition) is 1. The van der Waals surface area contributed by atoms with Gasteiger partial charge in [0.15, 0.2) is 0 Å². The van der Waals surface area contributed by atoms with Crippen molar-refractivity contribution in [3.63, 3.8) is 0 Å². The Morgan fingerprint density at radius 3 is 2.95 bits per heavy atom. The van der Waals surface area contributed by atoms with Gasteiger partial charge in [-0.1, -0.05) is 0 Å². The lowest BCUT2D eigenvalue weighted by Crippen LogP contribution is -2.37. The van der Waals surface area contributed by atoms with Crippen LogP contribution in [0.1, 0.15) is 18.5 Å². The Balaban J connectivity index is 1.67. The van der Waals surface area contributed by atoms with E-state index in [9.17, 15) is 9.59 Å². The van der Waals surface area contributed by atoms with E-state index in [2.05, 4.69) is 31.3 Å². The number of nitrogens with zero attached hydrogens (tertiary/aromatic N) is 4. The lowest BCUT2D eigenvalue weighted by molar-refractivity contribution is -0.130. The molecule has 0 fully saturated rings. The van der Waals surface area contributed by atoms with Crippen LogP contribution in [-0.4, -0.2) is 39.0 Å². The Bertz CT molecular complexity index is 783. The Hall–Kier alpha value is -2.22. The lowest BCUT2D eigenvalue weighted by atomic mass is 10.1. The van der Waals surface area contributed by atoms with Crippen molar-refractivity contribution in [1.29, 1.82) is 0 Å². The normalized spacial score (nSPS) is 15.1. The van der Waals surface area contributed by atoms with Crippen molar-refractivity contribution in [3.05, 3.63) is 34.7 Å². The summed E-state index contributed by atoms with van der Waals surface area (Å²) in [4.78, 5) is 27.8. The number of amides is 2. The van der Waals surface area contributed by atoms with Gasteiger partial charge in [-0.25, -0.2) is 9.99 Å². The maximum atomic E-state index is 12.1. The Morgan fingerprint density at radius 1 is 1.36 bits per heavy atom. The number of aromatic nitrogens is 2. The number of rotatable bonds is 3. The third-order valence-corrected chi connectivity index (χ3v) is 3.83. The van der Waals surface area contributed by atoms with Gasteiger partial charge in [-0.3, -0.25) is 9.59 Å². The van der Waals surface area contributed by atoms with Crippen LogP contribution in [0.25, 0.3) is 5.65 Å². The number of pyridine rings is 1. The van der Waals surface area contributed by atoms with Crippen molar-refractivity contribution in [2.24, 2.45) is 5.10 Å². The molecule has 0 spiro atoms. The molecule has 1 aliphatic rings. The molecule has 2 aromatic rings. The zero-order chi connectivity index (χ0) is 15.7. The fraction of sp³-hybridized carbons (Fsp3) is 0.286. The number of halogens is 1. The van der Waals surface area contributed by atoms with Gasteiger partial charge in [0.05, 0.1) is 12.2 Å². The van der Waals surface area contributed by atoms with Crippen molar-refractivity contribution in [1.82, 2.24) is 19.7 Å². The highest BCUT2D eigenvalue weighted by molar-refractivity contribution is 9.10. The predicted octanol–water partition coefficient (Wildman–Crippen LogP) is 1.32. The molecule has 0 radical (unpaired) electrons. The predicted molar refractivity (Wildman–Crippen MR) is 84.2 cm³/mol. The largest absolute Gasteiger partial charge is 0.345 e. The van der Waals surface area contributed by atoms with Gasteiger partial charge in [-0.05, 0) is 28.1 Å². The van der Waals surface area contributed by atoms with Gasteiger partial charge in [-0.15, -0.1) is 0 Å². The van der Waals surface area contributed by atoms with E-state index in [0.717, 1.165) is 15.8 Å². The van der Waals surface area contributed by atoms with E-state index in [1.165, 1.54) is 5.01 Å². The number of nitrogens with one attached hydrogen (secondary N) is 1. The van der Waals surface area contributed by atoms with Gasteiger partial charge in [0, 0.05) is 36.8 Å². The zero-order valence-corrected chi connectivity index (χ0v) is 13.5. The van der Waals surface area contributed by atoms with Crippen molar-refractivity contribution in [2.75, 3.05) is 7.05 Å². The minimum absolute atomic E-state index is 0.0810. The van der Waals surface area contributed by atoms with Crippen LogP contribution in [0.15, 0.2) is 34.1 Å². The van der Waals surface area contributed by atoms with Crippen molar-refractivity contribution >= 4 is 39.1 Å². The van der Waals surface area contributed by atoms with Gasteiger partial charge < -0.3 is 9.72 Å². The van der Waals surface area contributed by atoms with Crippen LogP contribution in [0.2, 0.25) is 0 Å². The minimum Gasteiger partial charge on any atom is -0.345 e. The standard InChI is InChI=1S/C14H14BrN5O2/c1-19-13(21)5-3-11(18-19)14(22)16-6-10-8-20-7-9(15)2-4-12(20)17-10/h2,4,7-8H,3,5-6H2,1H3,(H,16,22). The molecule has 0 atom stereocenters. The van der Waals surface area contributed by atoms with Crippen LogP contribution in [0.5, 0.6) is 0 Å². The zero-order valence-electron chi connectivity index (χ0n) is 11.9. The summed E-state index contributed by atoms with van der Waals surface area (Å²) in [6.45, 7) is 0.314. The van der Waals surface area contributed by atoms with Crippen molar-refractivity contribution < 1.29 is 9.59 Å². The van der Waals surface area contributed by atoms with E-state index in [0.29, 0.717) is 25.1 Å². The molecular formula is C14H14BrN5O2. The van der Waals surface area contributed by atoms with E-state index in [-0.39, 0.29) is 11.8 Å². The van der Waals surface area contributed by atoms with Gasteiger partial charge in [-0.2, -0.15) is 5.10 Å². The summed E-state index contributed by atoms with van der Waals surface area (Å²) in [5, 5.41) is 7.98. The van der Waals surface area contributed by atoms with E-state index in [1.807, 2.05) is 28.9 Å². The molecule has 2 amide bonds. The summed E-state index contributed by atoms with van der Waals surface area (Å²) in [7, 11) is 1.55. The molecule has 0 bridgehead atoms. The number of hydrogen-bond acceptors (Lipinski definition) is 4. The highest BCUT2D eigenvalue weighted by atomic mass is 79.9. The molecule has 3 heterocycles. The van der Waals surface area contributed by atoms with Crippen LogP contribution >= 0.6 is 15.9 Å². The molecule has 0 aliphatic carbocycles. The fourth-order valence-corrected chi connectivity index (χ4v) is 2.56. The molecule has 22 heavy (non-hydrogen) atoms. The molecule has 1 aliphatic heterocycles. The molecular weight excluding hydrogens is 350 g/mol. The first-order valence-electron chi connectivity index (χ1n) is 6.78. The second-order valence-electron chi connectivity index (χ2n) is 4.99. The van der Waals surface area contributed by atoms with Gasteiger partial charge in [0.2, 0.25) is 5.91 Å². The Labute approximate surface area is 135 Å². The molecule has 3 rings (SSSR count). The van der Waals surface area contributed by atoms with Crippen LogP contribution < -0.4 is 5.32 Å². The average Bonchev–Trinajstić information content (AvgIpc) is 2.89. The summed E-state index contributed by atoms with van der Waals surface area (Å²) in [6, 6.07) is 3.80. The second-order valence-corrected chi connectivity index (χ2v) is 5.91. The van der Waals surface area contributed by atoms with E-state index < -0.39 is 0 Å². The first-order valence-corrected chi connectivity index (χ1v) is 7.57. The van der Waals surface area contributed by atoms with Gasteiger partial charge in [0.1, 0.15) is 11.4 Å². The maximum absolute atomic E-state index is 12.1. The maximum Gasteiger partial charge on any atom is 0.267 e. The van der Waals surface area contributed by atoms with Gasteiger partial charge >= 0.3 is 0 Å². The first-order chi connectivity index (χ1) is 10.5. The fourth-order valence-electron chi connectivity index (χ4n) is 2.21. The van der Waals surface area contributed by atoms with E-state index >= 15 is 0 Å². The topological polar surface area (TPSA) is 79.1 Å². The van der Waals surface area contributed by atoms with Crippen molar-refractivity contribution in [2.45, 2.75) is 19.4 Å². The van der Waals surface area contributed by atoms with Crippen LogP contribution in [0, 0.1) is 0 Å². The van der Waals surface area contributed by atoms with Crippen LogP contribution in [-0.2, 0) is 16.1 Å². The highest BCUT2D eigenvalue weighted by Gasteiger charge is 2.21. The lowest BCUT2D eigenvalue weighted by Gasteiger charge is -2.18. The summed E-state index contributed by atoms with van der Waals surface area (Å²) in [5.74, 6) is -0.347. The Morgan fingerprint density at radius 2 is 2.18 bits per heavy atom. The van der Waals surface area contributed by atoms with Crippen LogP contribution in [0.3, 0.4) is 0 Å². The van der Waals surface area contributed by atoms with Gasteiger partial charge in [0.25, 0.3) is 5.91 Å². The van der Waals surface area contributed by atoms with E-state index in [1.54, 1.807) is 7.05 Å². The molecule has 8 heteroatoms. The number of imidazole rings is 1. The summed E-state index contributed by atoms with van der Waals surface area (Å²) >= 11 is 3.40. The number of carbonyl (C=O) groups excluding carboxylic acids is 2. The number of fused-ring (bicyclic) bond motifs is 1. The molecule has 0 unspecified atom stereocenters. The molecule has 7 nitrogen and oxygen atoms in total. The third-order valence-electron chi connectivity index (χ3n) is 3.36. The highest BCUT2D eigenvalue weighted by Crippen LogP contribution is 2.12. The first kappa shape index (κ1) is 14.7. The van der Waals surface area contributed by atoms with E-state index in [4.69, 9.17) is 0 Å². The summed E-state index contributed by atoms with van der Waals surface area (Å²) in [6.07, 6.45) is 4.44. The van der Waals surface area contributed by atoms with Crippen molar-refractivity contribution in [3.8, 4) is 0 Å². The Kier molecular flexibility index (Phi) is 3.93. The summed E-state index contributed by atoms with van der Waals surface area (Å²) < 4.78 is 2.84. The SMILES string of the molecule is CN1N=C(C(=O)NCc2cn3cc(Br)ccc3n2)CCC1=O. The molecule has 0 aromatic carbocycles. The number of hydrazone groups is 1. The average molecular weight is 364 g/mol. The number of carbonyl (C=O) groups is 2. The minimum atomic E-state index is -0.266. The third kappa shape index (κ3) is 3.01.